The topological polar surface area (TPSA) is 44.4 Å². The zero-order valence-electron chi connectivity index (χ0n) is 12.7. The quantitative estimate of drug-likeness (QED) is 0.878. The maximum Gasteiger partial charge on any atom is 0.246 e. The van der Waals surface area contributed by atoms with Crippen LogP contribution in [0.4, 0.5) is 11.4 Å². The van der Waals surface area contributed by atoms with Crippen LogP contribution in [0.5, 0.6) is 0 Å². The van der Waals surface area contributed by atoms with E-state index < -0.39 is 0 Å². The Kier molecular flexibility index (Phi) is 3.97. The maximum absolute atomic E-state index is 12.0. The predicted octanol–water partition coefficient (Wildman–Crippen LogP) is 3.29. The normalized spacial score (nSPS) is 24.6. The highest BCUT2D eigenvalue weighted by molar-refractivity contribution is 9.10. The summed E-state index contributed by atoms with van der Waals surface area (Å²) in [5.74, 6) is 0.658. The minimum Gasteiger partial charge on any atom is -0.367 e. The molecule has 2 atom stereocenters. The summed E-state index contributed by atoms with van der Waals surface area (Å²) in [5.41, 5.74) is 3.16. The Hall–Kier alpha value is -1.07. The lowest BCUT2D eigenvalue weighted by Gasteiger charge is -2.31. The molecule has 2 unspecified atom stereocenters. The van der Waals surface area contributed by atoms with Gasteiger partial charge in [0.05, 0.1) is 5.69 Å². The number of fused-ring (bicyclic) bond motifs is 1. The van der Waals surface area contributed by atoms with Crippen molar-refractivity contribution >= 4 is 33.2 Å². The van der Waals surface area contributed by atoms with Crippen molar-refractivity contribution in [2.24, 2.45) is 5.92 Å². The zero-order valence-corrected chi connectivity index (χ0v) is 14.3. The summed E-state index contributed by atoms with van der Waals surface area (Å²) in [6.45, 7) is 5.65. The second-order valence-corrected chi connectivity index (χ2v) is 7.10. The van der Waals surface area contributed by atoms with Crippen LogP contribution in [0.1, 0.15) is 38.3 Å². The van der Waals surface area contributed by atoms with E-state index in [2.05, 4.69) is 57.4 Å². The molecular formula is C16H22BrN3O. The number of likely N-dealkylation sites (N-methyl/N-ethyl adjacent to an activating group) is 1. The van der Waals surface area contributed by atoms with Crippen molar-refractivity contribution in [2.75, 3.05) is 23.8 Å². The van der Waals surface area contributed by atoms with Gasteiger partial charge in [-0.05, 0) is 53.9 Å². The van der Waals surface area contributed by atoms with Gasteiger partial charge >= 0.3 is 0 Å². The van der Waals surface area contributed by atoms with Crippen LogP contribution in [0.25, 0.3) is 0 Å². The largest absolute Gasteiger partial charge is 0.367 e. The molecule has 0 bridgehead atoms. The van der Waals surface area contributed by atoms with Gasteiger partial charge in [0.25, 0.3) is 0 Å². The van der Waals surface area contributed by atoms with E-state index >= 15 is 0 Å². The van der Waals surface area contributed by atoms with Gasteiger partial charge in [0.1, 0.15) is 6.04 Å². The number of anilines is 2. The number of hydrogen-bond acceptors (Lipinski definition) is 3. The van der Waals surface area contributed by atoms with E-state index in [1.165, 1.54) is 18.5 Å². The molecule has 5 heteroatoms. The zero-order chi connectivity index (χ0) is 15.1. The van der Waals surface area contributed by atoms with Crippen LogP contribution in [0.15, 0.2) is 16.6 Å². The molecule has 1 aromatic rings. The molecule has 1 saturated heterocycles. The van der Waals surface area contributed by atoms with Gasteiger partial charge in [0.15, 0.2) is 0 Å². The Bertz CT molecular complexity index is 573. The van der Waals surface area contributed by atoms with E-state index in [-0.39, 0.29) is 11.9 Å². The number of carbonyl (C=O) groups is 1. The number of halogens is 1. The first-order valence-corrected chi connectivity index (χ1v) is 8.40. The third-order valence-electron chi connectivity index (χ3n) is 4.62. The summed E-state index contributed by atoms with van der Waals surface area (Å²) in [7, 11) is 1.82. The molecule has 2 aliphatic rings. The van der Waals surface area contributed by atoms with Crippen LogP contribution >= 0.6 is 15.9 Å². The molecule has 2 N–H and O–H groups in total. The number of amides is 1. The first kappa shape index (κ1) is 14.9. The van der Waals surface area contributed by atoms with Gasteiger partial charge in [0.2, 0.25) is 5.91 Å². The lowest BCUT2D eigenvalue weighted by molar-refractivity contribution is -0.117. The number of nitrogens with one attached hydrogen (secondary N) is 2. The number of hydrogen-bond donors (Lipinski definition) is 2. The van der Waals surface area contributed by atoms with Gasteiger partial charge in [-0.15, -0.1) is 0 Å². The van der Waals surface area contributed by atoms with Gasteiger partial charge in [-0.2, -0.15) is 0 Å². The third kappa shape index (κ3) is 2.46. The van der Waals surface area contributed by atoms with E-state index in [1.807, 2.05) is 7.05 Å². The van der Waals surface area contributed by atoms with Crippen molar-refractivity contribution < 1.29 is 4.79 Å². The third-order valence-corrected chi connectivity index (χ3v) is 5.25. The molecule has 1 aromatic carbocycles. The van der Waals surface area contributed by atoms with Gasteiger partial charge in [-0.25, -0.2) is 0 Å². The van der Waals surface area contributed by atoms with Gasteiger partial charge in [0, 0.05) is 28.3 Å². The average molecular weight is 352 g/mol. The van der Waals surface area contributed by atoms with Crippen molar-refractivity contribution in [3.8, 4) is 0 Å². The van der Waals surface area contributed by atoms with Crippen LogP contribution in [-0.2, 0) is 4.79 Å². The molecular weight excluding hydrogens is 330 g/mol. The Morgan fingerprint density at radius 2 is 2.19 bits per heavy atom. The molecule has 2 aliphatic heterocycles. The summed E-state index contributed by atoms with van der Waals surface area (Å²) < 4.78 is 1.07. The average Bonchev–Trinajstić information content (AvgIpc) is 3.01. The Morgan fingerprint density at radius 3 is 2.86 bits per heavy atom. The smallest absolute Gasteiger partial charge is 0.246 e. The summed E-state index contributed by atoms with van der Waals surface area (Å²) in [4.78, 5) is 14.5. The molecule has 0 aromatic heterocycles. The highest BCUT2D eigenvalue weighted by atomic mass is 79.9. The van der Waals surface area contributed by atoms with Gasteiger partial charge < -0.3 is 15.5 Å². The summed E-state index contributed by atoms with van der Waals surface area (Å²) in [5, 5.41) is 6.05. The number of rotatable bonds is 3. The first-order valence-electron chi connectivity index (χ1n) is 7.61. The lowest BCUT2D eigenvalue weighted by Crippen LogP contribution is -2.33. The summed E-state index contributed by atoms with van der Waals surface area (Å²) in [6, 6.07) is 4.54. The minimum atomic E-state index is -0.246. The van der Waals surface area contributed by atoms with Crippen molar-refractivity contribution in [1.82, 2.24) is 5.32 Å². The van der Waals surface area contributed by atoms with E-state index in [1.54, 1.807) is 0 Å². The Morgan fingerprint density at radius 1 is 1.43 bits per heavy atom. The highest BCUT2D eigenvalue weighted by Gasteiger charge is 2.33. The first-order chi connectivity index (χ1) is 10.0. The molecule has 1 amide bonds. The summed E-state index contributed by atoms with van der Waals surface area (Å²) in [6.07, 6.45) is 2.48. The number of benzene rings is 1. The molecule has 0 saturated carbocycles. The fourth-order valence-corrected chi connectivity index (χ4v) is 4.15. The molecule has 21 heavy (non-hydrogen) atoms. The van der Waals surface area contributed by atoms with Crippen molar-refractivity contribution in [2.45, 2.75) is 38.8 Å². The van der Waals surface area contributed by atoms with E-state index in [0.717, 1.165) is 22.3 Å². The van der Waals surface area contributed by atoms with Crippen LogP contribution in [0.3, 0.4) is 0 Å². The fraction of sp³-hybridized carbons (Fsp3) is 0.562. The predicted molar refractivity (Wildman–Crippen MR) is 89.8 cm³/mol. The molecule has 114 valence electrons. The molecule has 0 spiro atoms. The van der Waals surface area contributed by atoms with E-state index in [4.69, 9.17) is 0 Å². The molecule has 2 heterocycles. The second kappa shape index (κ2) is 5.61. The van der Waals surface area contributed by atoms with E-state index in [9.17, 15) is 4.79 Å². The Balaban J connectivity index is 1.99. The van der Waals surface area contributed by atoms with Crippen molar-refractivity contribution in [3.63, 3.8) is 0 Å². The Labute approximate surface area is 134 Å². The summed E-state index contributed by atoms with van der Waals surface area (Å²) >= 11 is 3.70. The van der Waals surface area contributed by atoms with Gasteiger partial charge in [-0.3, -0.25) is 4.79 Å². The number of nitrogens with zero attached hydrogens (tertiary/aromatic N) is 1. The van der Waals surface area contributed by atoms with Crippen LogP contribution in [-0.4, -0.2) is 25.5 Å². The highest BCUT2D eigenvalue weighted by Crippen LogP contribution is 2.41. The fourth-order valence-electron chi connectivity index (χ4n) is 3.56. The molecule has 0 aliphatic carbocycles. The SMILES string of the molecule is CNC1C(=O)Nc2cc(N3CCCC3C(C)C)c(Br)cc21. The van der Waals surface area contributed by atoms with Crippen molar-refractivity contribution in [1.29, 1.82) is 0 Å². The maximum atomic E-state index is 12.0. The minimum absolute atomic E-state index is 0.0263. The van der Waals surface area contributed by atoms with Crippen LogP contribution in [0.2, 0.25) is 0 Å². The van der Waals surface area contributed by atoms with Crippen LogP contribution < -0.4 is 15.5 Å². The van der Waals surface area contributed by atoms with Crippen LogP contribution in [0, 0.1) is 5.92 Å². The van der Waals surface area contributed by atoms with E-state index in [0.29, 0.717) is 12.0 Å². The van der Waals surface area contributed by atoms with Gasteiger partial charge in [-0.1, -0.05) is 13.8 Å². The van der Waals surface area contributed by atoms with Crippen molar-refractivity contribution in [3.05, 3.63) is 22.2 Å². The lowest BCUT2D eigenvalue weighted by atomic mass is 10.0. The molecule has 1 fully saturated rings. The molecule has 3 rings (SSSR count). The monoisotopic (exact) mass is 351 g/mol. The molecule has 4 nitrogen and oxygen atoms in total. The molecule has 0 radical (unpaired) electrons. The second-order valence-electron chi connectivity index (χ2n) is 6.25. The number of carbonyl (C=O) groups excluding carboxylic acids is 1. The standard InChI is InChI=1S/C16H22BrN3O/c1-9(2)13-5-4-6-20(13)14-8-12-10(7-11(14)17)15(18-3)16(21)19-12/h7-9,13,15,18H,4-6H2,1-3H3,(H,19,21).